The summed E-state index contributed by atoms with van der Waals surface area (Å²) in [4.78, 5) is 36.1. The monoisotopic (exact) mass is 407 g/mol. The van der Waals surface area contributed by atoms with Crippen LogP contribution in [0.5, 0.6) is 5.75 Å². The lowest BCUT2D eigenvalue weighted by molar-refractivity contribution is -0.384. The van der Waals surface area contributed by atoms with Crippen LogP contribution in [0.25, 0.3) is 11.1 Å². The van der Waals surface area contributed by atoms with Crippen LogP contribution in [0, 0.1) is 10.1 Å². The molecule has 1 heterocycles. The molecule has 0 atom stereocenters. The van der Waals surface area contributed by atoms with Gasteiger partial charge in [-0.2, -0.15) is 8.78 Å². The summed E-state index contributed by atoms with van der Waals surface area (Å²) in [6.45, 7) is -3.08. The number of aromatic nitrogens is 1. The van der Waals surface area contributed by atoms with E-state index >= 15 is 0 Å². The van der Waals surface area contributed by atoms with Gasteiger partial charge in [-0.15, -0.1) is 0 Å². The second-order valence-electron chi connectivity index (χ2n) is 6.14. The van der Waals surface area contributed by atoms with Crippen LogP contribution in [-0.4, -0.2) is 34.0 Å². The van der Waals surface area contributed by atoms with Gasteiger partial charge < -0.3 is 14.1 Å². The third kappa shape index (κ3) is 4.57. The second kappa shape index (κ2) is 8.09. The van der Waals surface area contributed by atoms with Crippen molar-refractivity contribution in [2.24, 2.45) is 0 Å². The minimum Gasteiger partial charge on any atom is -0.435 e. The van der Waals surface area contributed by atoms with Crippen molar-refractivity contribution < 1.29 is 27.7 Å². The fraction of sp³-hybridized carbons (Fsp3) is 0.222. The number of alkyl halides is 2. The maximum Gasteiger partial charge on any atom is 0.420 e. The minimum atomic E-state index is -2.92. The summed E-state index contributed by atoms with van der Waals surface area (Å²) in [5.74, 6) is -1.22. The molecule has 152 valence electrons. The number of benzene rings is 2. The highest BCUT2D eigenvalue weighted by molar-refractivity contribution is 5.80. The van der Waals surface area contributed by atoms with Gasteiger partial charge in [0.2, 0.25) is 5.91 Å². The molecule has 9 nitrogen and oxygen atoms in total. The maximum atomic E-state index is 12.5. The van der Waals surface area contributed by atoms with E-state index in [0.29, 0.717) is 5.56 Å². The molecule has 0 saturated carbocycles. The molecule has 0 spiro atoms. The van der Waals surface area contributed by atoms with Crippen molar-refractivity contribution in [3.63, 3.8) is 0 Å². The van der Waals surface area contributed by atoms with Gasteiger partial charge in [0.15, 0.2) is 5.58 Å². The number of nitro benzene ring substituents is 1. The maximum absolute atomic E-state index is 12.5. The van der Waals surface area contributed by atoms with Crippen molar-refractivity contribution in [3.05, 3.63) is 68.7 Å². The molecule has 0 radical (unpaired) electrons. The Morgan fingerprint density at radius 2 is 1.97 bits per heavy atom. The van der Waals surface area contributed by atoms with E-state index in [1.807, 2.05) is 0 Å². The van der Waals surface area contributed by atoms with Crippen LogP contribution in [0.2, 0.25) is 0 Å². The number of likely N-dealkylation sites (N-methyl/N-ethyl adjacent to an activating group) is 1. The highest BCUT2D eigenvalue weighted by Gasteiger charge is 2.18. The number of carbonyl (C=O) groups excluding carboxylic acids is 1. The number of fused-ring (bicyclic) bond motifs is 1. The lowest BCUT2D eigenvalue weighted by Crippen LogP contribution is -2.32. The summed E-state index contributed by atoms with van der Waals surface area (Å²) in [7, 11) is 1.52. The predicted molar refractivity (Wildman–Crippen MR) is 96.7 cm³/mol. The zero-order valence-electron chi connectivity index (χ0n) is 15.1. The van der Waals surface area contributed by atoms with Crippen molar-refractivity contribution in [3.8, 4) is 5.75 Å². The van der Waals surface area contributed by atoms with Gasteiger partial charge >= 0.3 is 12.4 Å². The smallest absolute Gasteiger partial charge is 0.420 e. The standard InChI is InChI=1S/C18H15F2N3O6/c1-21(9-11-2-5-13(6-3-11)28-17(19)20)16(24)10-22-14-7-4-12(23(26)27)8-15(14)29-18(22)25/h2-8,17H,9-10H2,1H3. The number of amides is 1. The Morgan fingerprint density at radius 3 is 2.59 bits per heavy atom. The number of hydrogen-bond acceptors (Lipinski definition) is 6. The van der Waals surface area contributed by atoms with Crippen molar-refractivity contribution in [2.75, 3.05) is 7.05 Å². The number of halogens is 2. The molecular formula is C18H15F2N3O6. The fourth-order valence-electron chi connectivity index (χ4n) is 2.71. The molecule has 3 aromatic rings. The lowest BCUT2D eigenvalue weighted by Gasteiger charge is -2.17. The van der Waals surface area contributed by atoms with E-state index in [0.717, 1.165) is 10.6 Å². The molecule has 0 aliphatic rings. The van der Waals surface area contributed by atoms with Crippen molar-refractivity contribution >= 4 is 22.7 Å². The molecule has 11 heteroatoms. The predicted octanol–water partition coefficient (Wildman–Crippen LogP) is 2.76. The first-order chi connectivity index (χ1) is 13.7. The number of carbonyl (C=O) groups is 1. The number of ether oxygens (including phenoxy) is 1. The van der Waals surface area contributed by atoms with E-state index in [9.17, 15) is 28.5 Å². The summed E-state index contributed by atoms with van der Waals surface area (Å²) >= 11 is 0. The topological polar surface area (TPSA) is 108 Å². The summed E-state index contributed by atoms with van der Waals surface area (Å²) in [6, 6.07) is 9.48. The molecule has 3 rings (SSSR count). The van der Waals surface area contributed by atoms with Crippen molar-refractivity contribution in [2.45, 2.75) is 19.7 Å². The average molecular weight is 407 g/mol. The SMILES string of the molecule is CN(Cc1ccc(OC(F)F)cc1)C(=O)Cn1c(=O)oc2cc([N+](=O)[O-])ccc21. The molecule has 0 aliphatic carbocycles. The lowest BCUT2D eigenvalue weighted by atomic mass is 10.2. The molecule has 0 N–H and O–H groups in total. The number of oxazole rings is 1. The Hall–Kier alpha value is -3.76. The first-order valence-corrected chi connectivity index (χ1v) is 8.30. The van der Waals surface area contributed by atoms with Crippen LogP contribution in [0.1, 0.15) is 5.56 Å². The highest BCUT2D eigenvalue weighted by atomic mass is 19.3. The number of non-ortho nitro benzene ring substituents is 1. The van der Waals surface area contributed by atoms with Crippen LogP contribution >= 0.6 is 0 Å². The number of rotatable bonds is 7. The summed E-state index contributed by atoms with van der Waals surface area (Å²) in [6.07, 6.45) is 0. The Balaban J connectivity index is 1.72. The van der Waals surface area contributed by atoms with E-state index in [1.165, 1.54) is 36.2 Å². The second-order valence-corrected chi connectivity index (χ2v) is 6.14. The summed E-state index contributed by atoms with van der Waals surface area (Å²) in [5, 5.41) is 10.8. The van der Waals surface area contributed by atoms with Crippen LogP contribution in [0.3, 0.4) is 0 Å². The largest absolute Gasteiger partial charge is 0.435 e. The molecular weight excluding hydrogens is 392 g/mol. The molecule has 1 amide bonds. The van der Waals surface area contributed by atoms with E-state index in [1.54, 1.807) is 12.1 Å². The molecule has 29 heavy (non-hydrogen) atoms. The molecule has 0 unspecified atom stereocenters. The quantitative estimate of drug-likeness (QED) is 0.440. The Morgan fingerprint density at radius 1 is 1.28 bits per heavy atom. The number of nitro groups is 1. The first kappa shape index (κ1) is 20.0. The summed E-state index contributed by atoms with van der Waals surface area (Å²) in [5.41, 5.74) is 0.703. The van der Waals surface area contributed by atoms with Gasteiger partial charge in [-0.05, 0) is 23.8 Å². The molecule has 0 aliphatic heterocycles. The van der Waals surface area contributed by atoms with Gasteiger partial charge in [0, 0.05) is 19.7 Å². The van der Waals surface area contributed by atoms with E-state index in [-0.39, 0.29) is 35.6 Å². The third-order valence-corrected chi connectivity index (χ3v) is 4.15. The van der Waals surface area contributed by atoms with Crippen LogP contribution in [0.4, 0.5) is 14.5 Å². The first-order valence-electron chi connectivity index (χ1n) is 8.30. The zero-order valence-corrected chi connectivity index (χ0v) is 15.1. The zero-order chi connectivity index (χ0) is 21.1. The van der Waals surface area contributed by atoms with Crippen LogP contribution in [-0.2, 0) is 17.9 Å². The molecule has 2 aromatic carbocycles. The fourth-order valence-corrected chi connectivity index (χ4v) is 2.71. The Kier molecular flexibility index (Phi) is 5.57. The van der Waals surface area contributed by atoms with Crippen molar-refractivity contribution in [1.29, 1.82) is 0 Å². The van der Waals surface area contributed by atoms with Crippen molar-refractivity contribution in [1.82, 2.24) is 9.47 Å². The van der Waals surface area contributed by atoms with Gasteiger partial charge in [0.05, 0.1) is 16.5 Å². The van der Waals surface area contributed by atoms with E-state index < -0.39 is 23.2 Å². The normalized spacial score (nSPS) is 11.0. The van der Waals surface area contributed by atoms with Crippen LogP contribution < -0.4 is 10.5 Å². The van der Waals surface area contributed by atoms with Gasteiger partial charge in [0.1, 0.15) is 12.3 Å². The van der Waals surface area contributed by atoms with E-state index in [2.05, 4.69) is 4.74 Å². The highest BCUT2D eigenvalue weighted by Crippen LogP contribution is 2.20. The number of nitrogens with zero attached hydrogens (tertiary/aromatic N) is 3. The average Bonchev–Trinajstić information content (AvgIpc) is 2.97. The number of hydrogen-bond donors (Lipinski definition) is 0. The molecule has 0 bridgehead atoms. The van der Waals surface area contributed by atoms with Gasteiger partial charge in [-0.25, -0.2) is 4.79 Å². The molecule has 0 saturated heterocycles. The van der Waals surface area contributed by atoms with E-state index in [4.69, 9.17) is 4.42 Å². The van der Waals surface area contributed by atoms with Gasteiger partial charge in [0.25, 0.3) is 5.69 Å². The van der Waals surface area contributed by atoms with Gasteiger partial charge in [-0.3, -0.25) is 19.5 Å². The van der Waals surface area contributed by atoms with Crippen LogP contribution in [0.15, 0.2) is 51.7 Å². The third-order valence-electron chi connectivity index (χ3n) is 4.15. The van der Waals surface area contributed by atoms with Gasteiger partial charge in [-0.1, -0.05) is 12.1 Å². The molecule has 0 fully saturated rings. The Bertz CT molecular complexity index is 1110. The minimum absolute atomic E-state index is 0.00300. The summed E-state index contributed by atoms with van der Waals surface area (Å²) < 4.78 is 34.7. The Labute approximate surface area is 161 Å². The molecule has 1 aromatic heterocycles.